The Morgan fingerprint density at radius 2 is 2.00 bits per heavy atom. The van der Waals surface area contributed by atoms with Crippen LogP contribution in [0.15, 0.2) is 24.3 Å². The van der Waals surface area contributed by atoms with Gasteiger partial charge in [-0.2, -0.15) is 0 Å². The Bertz CT molecular complexity index is 619. The molecule has 7 heteroatoms. The zero-order valence-corrected chi connectivity index (χ0v) is 13.9. The van der Waals surface area contributed by atoms with Gasteiger partial charge in [-0.25, -0.2) is 5.48 Å². The van der Waals surface area contributed by atoms with Crippen molar-refractivity contribution in [2.75, 3.05) is 13.2 Å². The summed E-state index contributed by atoms with van der Waals surface area (Å²) in [4.78, 5) is 24.2. The predicted molar refractivity (Wildman–Crippen MR) is 89.5 cm³/mol. The second-order valence-corrected chi connectivity index (χ2v) is 5.36. The highest BCUT2D eigenvalue weighted by Gasteiger charge is 2.34. The van der Waals surface area contributed by atoms with Gasteiger partial charge in [-0.3, -0.25) is 14.8 Å². The molecule has 0 aliphatic heterocycles. The topological polar surface area (TPSA) is 114 Å². The van der Waals surface area contributed by atoms with Crippen molar-refractivity contribution in [1.82, 2.24) is 10.8 Å². The van der Waals surface area contributed by atoms with Gasteiger partial charge in [-0.15, -0.1) is 5.92 Å². The smallest absolute Gasteiger partial charge is 0.268 e. The largest absolute Gasteiger partial charge is 0.481 e. The number of hydrogen-bond donors (Lipinski definition) is 4. The first-order valence-electron chi connectivity index (χ1n) is 7.56. The summed E-state index contributed by atoms with van der Waals surface area (Å²) >= 11 is 0. The summed E-state index contributed by atoms with van der Waals surface area (Å²) in [6.07, 6.45) is 0.827. The van der Waals surface area contributed by atoms with Crippen LogP contribution in [0.25, 0.3) is 0 Å². The van der Waals surface area contributed by atoms with Crippen LogP contribution in [0.4, 0.5) is 0 Å². The SMILES string of the molecule is CC#CCOc1ccc(C(=O)NC(C)(CCCN)C(=O)NO)cc1. The normalized spacial score (nSPS) is 12.3. The van der Waals surface area contributed by atoms with E-state index in [2.05, 4.69) is 17.2 Å². The summed E-state index contributed by atoms with van der Waals surface area (Å²) in [5.74, 6) is 4.96. The molecule has 0 heterocycles. The third kappa shape index (κ3) is 5.57. The Morgan fingerprint density at radius 3 is 2.54 bits per heavy atom. The van der Waals surface area contributed by atoms with E-state index >= 15 is 0 Å². The van der Waals surface area contributed by atoms with Crippen LogP contribution in [0, 0.1) is 11.8 Å². The molecule has 0 bridgehead atoms. The average molecular weight is 333 g/mol. The van der Waals surface area contributed by atoms with Crippen molar-refractivity contribution >= 4 is 11.8 Å². The summed E-state index contributed by atoms with van der Waals surface area (Å²) in [7, 11) is 0. The molecular weight excluding hydrogens is 310 g/mol. The number of nitrogens with two attached hydrogens (primary N) is 1. The van der Waals surface area contributed by atoms with Gasteiger partial charge in [-0.1, -0.05) is 5.92 Å². The fourth-order valence-corrected chi connectivity index (χ4v) is 2.03. The van der Waals surface area contributed by atoms with Crippen molar-refractivity contribution in [1.29, 1.82) is 0 Å². The maximum atomic E-state index is 12.3. The lowest BCUT2D eigenvalue weighted by atomic mass is 9.94. The highest BCUT2D eigenvalue weighted by atomic mass is 16.5. The number of amides is 2. The number of carbonyl (C=O) groups is 2. The Hall–Kier alpha value is -2.56. The van der Waals surface area contributed by atoms with Crippen molar-refractivity contribution in [3.63, 3.8) is 0 Å². The Balaban J connectivity index is 2.79. The number of benzene rings is 1. The number of rotatable bonds is 8. The molecule has 0 aliphatic rings. The summed E-state index contributed by atoms with van der Waals surface area (Å²) in [5, 5.41) is 11.5. The molecule has 0 aromatic heterocycles. The van der Waals surface area contributed by atoms with Gasteiger partial charge >= 0.3 is 0 Å². The Morgan fingerprint density at radius 1 is 1.33 bits per heavy atom. The quantitative estimate of drug-likeness (QED) is 0.319. The molecule has 1 atom stereocenters. The lowest BCUT2D eigenvalue weighted by Crippen LogP contribution is -2.56. The van der Waals surface area contributed by atoms with Crippen molar-refractivity contribution in [3.8, 4) is 17.6 Å². The number of nitrogens with one attached hydrogen (secondary N) is 2. The van der Waals surface area contributed by atoms with E-state index in [1.54, 1.807) is 36.7 Å². The van der Waals surface area contributed by atoms with E-state index < -0.39 is 17.4 Å². The number of carbonyl (C=O) groups excluding carboxylic acids is 2. The zero-order valence-electron chi connectivity index (χ0n) is 13.9. The average Bonchev–Trinajstić information content (AvgIpc) is 2.60. The fourth-order valence-electron chi connectivity index (χ4n) is 2.03. The van der Waals surface area contributed by atoms with E-state index in [0.29, 0.717) is 30.7 Å². The number of ether oxygens (including phenoxy) is 1. The van der Waals surface area contributed by atoms with Crippen LogP contribution < -0.4 is 21.3 Å². The van der Waals surface area contributed by atoms with Crippen LogP contribution in [0.2, 0.25) is 0 Å². The molecule has 1 aromatic rings. The van der Waals surface area contributed by atoms with Crippen molar-refractivity contribution in [3.05, 3.63) is 29.8 Å². The van der Waals surface area contributed by atoms with Crippen molar-refractivity contribution < 1.29 is 19.5 Å². The van der Waals surface area contributed by atoms with Gasteiger partial charge < -0.3 is 15.8 Å². The van der Waals surface area contributed by atoms with E-state index in [1.807, 2.05) is 0 Å². The first kappa shape index (κ1) is 19.5. The van der Waals surface area contributed by atoms with Crippen molar-refractivity contribution in [2.24, 2.45) is 5.73 Å². The molecule has 0 aliphatic carbocycles. The number of hydrogen-bond acceptors (Lipinski definition) is 5. The lowest BCUT2D eigenvalue weighted by Gasteiger charge is -2.28. The molecule has 130 valence electrons. The van der Waals surface area contributed by atoms with E-state index in [9.17, 15) is 9.59 Å². The molecule has 0 spiro atoms. The standard InChI is InChI=1S/C17H23N3O4/c1-3-4-12-24-14-8-6-13(7-9-14)15(21)19-17(2,10-5-11-18)16(22)20-23/h6-9,23H,5,10-12,18H2,1-2H3,(H,19,21)(H,20,22). The van der Waals surface area contributed by atoms with E-state index in [4.69, 9.17) is 15.7 Å². The fraction of sp³-hybridized carbons (Fsp3) is 0.412. The molecule has 1 rings (SSSR count). The molecule has 0 fully saturated rings. The molecule has 1 aromatic carbocycles. The van der Waals surface area contributed by atoms with Gasteiger partial charge in [0.15, 0.2) is 0 Å². The highest BCUT2D eigenvalue weighted by molar-refractivity contribution is 5.98. The summed E-state index contributed by atoms with van der Waals surface area (Å²) in [5.41, 5.74) is 6.15. The van der Waals surface area contributed by atoms with E-state index in [0.717, 1.165) is 0 Å². The van der Waals surface area contributed by atoms with Crippen LogP contribution in [-0.4, -0.2) is 35.7 Å². The van der Waals surface area contributed by atoms with E-state index in [-0.39, 0.29) is 6.61 Å². The maximum Gasteiger partial charge on any atom is 0.268 e. The van der Waals surface area contributed by atoms with Crippen LogP contribution >= 0.6 is 0 Å². The predicted octanol–water partition coefficient (Wildman–Crippen LogP) is 0.822. The Kier molecular flexibility index (Phi) is 7.75. The monoisotopic (exact) mass is 333 g/mol. The first-order chi connectivity index (χ1) is 11.5. The third-order valence-corrected chi connectivity index (χ3v) is 3.48. The molecule has 7 nitrogen and oxygen atoms in total. The molecule has 1 unspecified atom stereocenters. The third-order valence-electron chi connectivity index (χ3n) is 3.48. The van der Waals surface area contributed by atoms with E-state index in [1.165, 1.54) is 6.92 Å². The summed E-state index contributed by atoms with van der Waals surface area (Å²) in [6, 6.07) is 6.47. The highest BCUT2D eigenvalue weighted by Crippen LogP contribution is 2.16. The van der Waals surface area contributed by atoms with Crippen LogP contribution in [0.5, 0.6) is 5.75 Å². The minimum atomic E-state index is -1.25. The lowest BCUT2D eigenvalue weighted by molar-refractivity contribution is -0.135. The van der Waals surface area contributed by atoms with Crippen LogP contribution in [0.1, 0.15) is 37.0 Å². The van der Waals surface area contributed by atoms with Crippen molar-refractivity contribution in [2.45, 2.75) is 32.2 Å². The second-order valence-electron chi connectivity index (χ2n) is 5.36. The van der Waals surface area contributed by atoms with Crippen LogP contribution in [0.3, 0.4) is 0 Å². The minimum absolute atomic E-state index is 0.274. The van der Waals surface area contributed by atoms with Gasteiger partial charge in [0.2, 0.25) is 0 Å². The molecule has 2 amide bonds. The molecule has 0 radical (unpaired) electrons. The second kappa shape index (κ2) is 9.55. The maximum absolute atomic E-state index is 12.3. The zero-order chi connectivity index (χ0) is 18.0. The number of hydroxylamine groups is 1. The Labute approximate surface area is 141 Å². The first-order valence-corrected chi connectivity index (χ1v) is 7.56. The minimum Gasteiger partial charge on any atom is -0.481 e. The molecular formula is C17H23N3O4. The summed E-state index contributed by atoms with van der Waals surface area (Å²) in [6.45, 7) is 3.90. The molecule has 0 saturated heterocycles. The summed E-state index contributed by atoms with van der Waals surface area (Å²) < 4.78 is 5.37. The van der Waals surface area contributed by atoms with Gasteiger partial charge in [0.1, 0.15) is 17.9 Å². The molecule has 0 saturated carbocycles. The molecule has 24 heavy (non-hydrogen) atoms. The van der Waals surface area contributed by atoms with Gasteiger partial charge in [0, 0.05) is 5.56 Å². The van der Waals surface area contributed by atoms with Gasteiger partial charge in [0.25, 0.3) is 11.8 Å². The van der Waals surface area contributed by atoms with Crippen LogP contribution in [-0.2, 0) is 4.79 Å². The van der Waals surface area contributed by atoms with Gasteiger partial charge in [0.05, 0.1) is 0 Å². The van der Waals surface area contributed by atoms with Gasteiger partial charge in [-0.05, 0) is 57.5 Å². The molecule has 5 N–H and O–H groups in total.